The summed E-state index contributed by atoms with van der Waals surface area (Å²) in [6.07, 6.45) is 2.19. The maximum Gasteiger partial charge on any atom is 0.235 e. The van der Waals surface area contributed by atoms with Crippen LogP contribution >= 0.6 is 0 Å². The van der Waals surface area contributed by atoms with Crippen molar-refractivity contribution in [2.75, 3.05) is 0 Å². The molecule has 5 nitrogen and oxygen atoms in total. The fourth-order valence-corrected chi connectivity index (χ4v) is 9.74. The number of nitrogens with zero attached hydrogens (tertiary/aromatic N) is 5. The molecule has 0 saturated heterocycles. The average Bonchev–Trinajstić information content (AvgIpc) is 4.00. The van der Waals surface area contributed by atoms with Crippen molar-refractivity contribution in [2.45, 2.75) is 0 Å². The van der Waals surface area contributed by atoms with E-state index < -0.39 is 0 Å². The van der Waals surface area contributed by atoms with Gasteiger partial charge in [-0.2, -0.15) is 0 Å². The molecule has 59 heavy (non-hydrogen) atoms. The number of fused-ring (bicyclic) bond motifs is 14. The van der Waals surface area contributed by atoms with Crippen molar-refractivity contribution in [2.24, 2.45) is 0 Å². The topological polar surface area (TPSA) is 40.6 Å². The van der Waals surface area contributed by atoms with Crippen LogP contribution in [0.5, 0.6) is 0 Å². The summed E-state index contributed by atoms with van der Waals surface area (Å²) in [6, 6.07) is 69.5. The van der Waals surface area contributed by atoms with Gasteiger partial charge < -0.3 is 9.13 Å². The summed E-state index contributed by atoms with van der Waals surface area (Å²) in [4.78, 5) is 11.2. The molecule has 0 amide bonds. The van der Waals surface area contributed by atoms with Crippen molar-refractivity contribution in [1.82, 2.24) is 23.7 Å². The normalized spacial score (nSPS) is 12.1. The van der Waals surface area contributed by atoms with Gasteiger partial charge in [0, 0.05) is 60.8 Å². The van der Waals surface area contributed by atoms with Gasteiger partial charge in [0.1, 0.15) is 0 Å². The molecule has 0 aliphatic heterocycles. The third kappa shape index (κ3) is 4.55. The van der Waals surface area contributed by atoms with Crippen molar-refractivity contribution >= 4 is 87.0 Å². The number of rotatable bonds is 4. The zero-order valence-corrected chi connectivity index (χ0v) is 31.8. The van der Waals surface area contributed by atoms with Gasteiger partial charge in [0.15, 0.2) is 0 Å². The lowest BCUT2D eigenvalue weighted by molar-refractivity contribution is 1.01. The second-order valence-corrected chi connectivity index (χ2v) is 15.4. The van der Waals surface area contributed by atoms with Crippen molar-refractivity contribution in [3.63, 3.8) is 0 Å². The molecule has 0 aliphatic rings. The Morgan fingerprint density at radius 2 is 0.983 bits per heavy atom. The summed E-state index contributed by atoms with van der Waals surface area (Å²) in [7, 11) is 0. The molecule has 0 saturated carbocycles. The molecule has 0 aliphatic carbocycles. The SMILES string of the molecule is c1ccc(-n2ccc3ccc4c5c6ccccc6c6ccccc6c5n(-c5nc(-c6ccc7c(c6)c6ccccc6n7-c6ccccc6)c6ccccc6n5)c4c32)cc1. The molecule has 274 valence electrons. The number of benzene rings is 9. The fourth-order valence-electron chi connectivity index (χ4n) is 9.74. The molecule has 0 N–H and O–H groups in total. The van der Waals surface area contributed by atoms with E-state index in [-0.39, 0.29) is 0 Å². The van der Waals surface area contributed by atoms with Crippen LogP contribution in [-0.2, 0) is 0 Å². The third-order valence-corrected chi connectivity index (χ3v) is 12.2. The molecule has 0 fully saturated rings. The van der Waals surface area contributed by atoms with Gasteiger partial charge in [-0.1, -0.05) is 140 Å². The van der Waals surface area contributed by atoms with Gasteiger partial charge in [-0.05, 0) is 70.8 Å². The first-order valence-corrected chi connectivity index (χ1v) is 20.1. The molecule has 0 atom stereocenters. The highest BCUT2D eigenvalue weighted by molar-refractivity contribution is 6.34. The van der Waals surface area contributed by atoms with Crippen molar-refractivity contribution < 1.29 is 0 Å². The summed E-state index contributed by atoms with van der Waals surface area (Å²) in [6.45, 7) is 0. The molecule has 0 unspecified atom stereocenters. The van der Waals surface area contributed by atoms with E-state index in [1.165, 1.54) is 43.2 Å². The smallest absolute Gasteiger partial charge is 0.235 e. The highest BCUT2D eigenvalue weighted by Crippen LogP contribution is 2.45. The molecule has 0 spiro atoms. The van der Waals surface area contributed by atoms with E-state index in [4.69, 9.17) is 9.97 Å². The Kier molecular flexibility index (Phi) is 6.66. The van der Waals surface area contributed by atoms with Crippen LogP contribution in [0, 0.1) is 0 Å². The zero-order chi connectivity index (χ0) is 38.6. The number of para-hydroxylation sites is 4. The van der Waals surface area contributed by atoms with Gasteiger partial charge in [0.2, 0.25) is 5.95 Å². The monoisotopic (exact) mass is 751 g/mol. The Morgan fingerprint density at radius 3 is 1.78 bits per heavy atom. The van der Waals surface area contributed by atoms with Crippen LogP contribution < -0.4 is 0 Å². The van der Waals surface area contributed by atoms with E-state index in [0.717, 1.165) is 66.4 Å². The quantitative estimate of drug-likeness (QED) is 0.168. The van der Waals surface area contributed by atoms with E-state index in [1.807, 2.05) is 0 Å². The molecule has 0 bridgehead atoms. The predicted octanol–water partition coefficient (Wildman–Crippen LogP) is 13.7. The molecule has 4 aromatic heterocycles. The van der Waals surface area contributed by atoms with Crippen LogP contribution in [0.2, 0.25) is 0 Å². The van der Waals surface area contributed by atoms with E-state index in [9.17, 15) is 0 Å². The maximum atomic E-state index is 5.68. The largest absolute Gasteiger partial charge is 0.315 e. The maximum absolute atomic E-state index is 5.68. The molecule has 0 radical (unpaired) electrons. The average molecular weight is 752 g/mol. The van der Waals surface area contributed by atoms with Crippen LogP contribution in [0.1, 0.15) is 0 Å². The van der Waals surface area contributed by atoms with Gasteiger partial charge in [0.25, 0.3) is 0 Å². The number of hydrogen-bond acceptors (Lipinski definition) is 2. The lowest BCUT2D eigenvalue weighted by Gasteiger charge is -2.15. The van der Waals surface area contributed by atoms with Gasteiger partial charge in [-0.15, -0.1) is 0 Å². The first kappa shape index (κ1) is 32.1. The summed E-state index contributed by atoms with van der Waals surface area (Å²) in [5.74, 6) is 0.638. The van der Waals surface area contributed by atoms with E-state index in [0.29, 0.717) is 5.95 Å². The highest BCUT2D eigenvalue weighted by atomic mass is 15.2. The Labute approximate surface area is 338 Å². The minimum atomic E-state index is 0.638. The number of hydrogen-bond donors (Lipinski definition) is 0. The van der Waals surface area contributed by atoms with Gasteiger partial charge in [-0.25, -0.2) is 9.97 Å². The van der Waals surface area contributed by atoms with Gasteiger partial charge in [0.05, 0.1) is 38.8 Å². The van der Waals surface area contributed by atoms with Crippen LogP contribution in [0.25, 0.3) is 116 Å². The second kappa shape index (κ2) is 12.2. The standard InChI is InChI=1S/C54H33N5/c1-3-15-36(16-4-1)57-32-31-34-27-29-44-49-41-22-9-7-19-38(41)39-20-8-10-23-42(39)52(49)59(53(44)51(34)57)54-55-46-25-13-11-24-43(46)50(56-54)35-28-30-48-45(33-35)40-21-12-14-26-47(40)58(48)37-17-5-2-6-18-37/h1-33H. The van der Waals surface area contributed by atoms with E-state index >= 15 is 0 Å². The summed E-state index contributed by atoms with van der Waals surface area (Å²) >= 11 is 0. The number of aromatic nitrogens is 5. The summed E-state index contributed by atoms with van der Waals surface area (Å²) in [5, 5.41) is 11.7. The van der Waals surface area contributed by atoms with Gasteiger partial charge in [-0.3, -0.25) is 4.57 Å². The summed E-state index contributed by atoms with van der Waals surface area (Å²) in [5.41, 5.74) is 10.7. The Bertz CT molecular complexity index is 3830. The first-order valence-electron chi connectivity index (χ1n) is 20.1. The molecule has 13 aromatic rings. The molecule has 4 heterocycles. The van der Waals surface area contributed by atoms with Crippen molar-refractivity contribution in [3.8, 4) is 28.6 Å². The Morgan fingerprint density at radius 1 is 0.356 bits per heavy atom. The fraction of sp³-hybridized carbons (Fsp3) is 0. The zero-order valence-electron chi connectivity index (χ0n) is 31.8. The first-order chi connectivity index (χ1) is 29.3. The minimum absolute atomic E-state index is 0.638. The Balaban J connectivity index is 1.18. The van der Waals surface area contributed by atoms with Crippen molar-refractivity contribution in [1.29, 1.82) is 0 Å². The van der Waals surface area contributed by atoms with E-state index in [1.54, 1.807) is 0 Å². The molecular weight excluding hydrogens is 719 g/mol. The lowest BCUT2D eigenvalue weighted by atomic mass is 9.96. The highest BCUT2D eigenvalue weighted by Gasteiger charge is 2.25. The van der Waals surface area contributed by atoms with Crippen LogP contribution in [0.3, 0.4) is 0 Å². The molecule has 13 rings (SSSR count). The van der Waals surface area contributed by atoms with Crippen LogP contribution in [0.15, 0.2) is 200 Å². The Hall–Kier alpha value is -8.02. The summed E-state index contributed by atoms with van der Waals surface area (Å²) < 4.78 is 7.03. The second-order valence-electron chi connectivity index (χ2n) is 15.4. The lowest BCUT2D eigenvalue weighted by Crippen LogP contribution is -2.05. The third-order valence-electron chi connectivity index (χ3n) is 12.2. The molecule has 9 aromatic carbocycles. The van der Waals surface area contributed by atoms with E-state index in [2.05, 4.69) is 214 Å². The van der Waals surface area contributed by atoms with Crippen molar-refractivity contribution in [3.05, 3.63) is 200 Å². The van der Waals surface area contributed by atoms with Crippen LogP contribution in [-0.4, -0.2) is 23.7 Å². The predicted molar refractivity (Wildman–Crippen MR) is 245 cm³/mol. The van der Waals surface area contributed by atoms with Crippen LogP contribution in [0.4, 0.5) is 0 Å². The molecule has 5 heteroatoms. The molecular formula is C54H33N5. The minimum Gasteiger partial charge on any atom is -0.315 e. The van der Waals surface area contributed by atoms with Gasteiger partial charge >= 0.3 is 0 Å².